The van der Waals surface area contributed by atoms with Crippen molar-refractivity contribution in [1.82, 2.24) is 14.8 Å². The summed E-state index contributed by atoms with van der Waals surface area (Å²) in [4.78, 5) is 31.5. The number of carbonyl (C=O) groups is 1. The molecule has 0 aromatic carbocycles. The van der Waals surface area contributed by atoms with Gasteiger partial charge in [-0.25, -0.2) is 0 Å². The standard InChI is InChI=1S/C19H26N4O2/c1-14-16(10-20)18(24)21-11-17(14)19(25)23-9-5-6-15(13-23)12-22-7-3-2-4-8-22/h11,15H,2-9,12-13H2,1H3,(H,21,24). The van der Waals surface area contributed by atoms with Crippen LogP contribution >= 0.6 is 0 Å². The number of aromatic nitrogens is 1. The van der Waals surface area contributed by atoms with Gasteiger partial charge in [0.15, 0.2) is 0 Å². The monoisotopic (exact) mass is 342 g/mol. The highest BCUT2D eigenvalue weighted by Crippen LogP contribution is 2.22. The minimum Gasteiger partial charge on any atom is -0.338 e. The van der Waals surface area contributed by atoms with Gasteiger partial charge in [-0.2, -0.15) is 5.26 Å². The Kier molecular flexibility index (Phi) is 5.54. The quantitative estimate of drug-likeness (QED) is 0.910. The van der Waals surface area contributed by atoms with Gasteiger partial charge in [0.2, 0.25) is 0 Å². The zero-order valence-corrected chi connectivity index (χ0v) is 14.9. The van der Waals surface area contributed by atoms with Crippen LogP contribution in [0.2, 0.25) is 0 Å². The van der Waals surface area contributed by atoms with E-state index in [-0.39, 0.29) is 11.5 Å². The minimum atomic E-state index is -0.432. The van der Waals surface area contributed by atoms with Crippen LogP contribution in [0.4, 0.5) is 0 Å². The summed E-state index contributed by atoms with van der Waals surface area (Å²) in [6.07, 6.45) is 7.52. The van der Waals surface area contributed by atoms with Gasteiger partial charge in [-0.1, -0.05) is 6.42 Å². The average molecular weight is 342 g/mol. The fourth-order valence-electron chi connectivity index (χ4n) is 4.06. The van der Waals surface area contributed by atoms with Gasteiger partial charge in [-0.15, -0.1) is 0 Å². The first-order chi connectivity index (χ1) is 12.1. The lowest BCUT2D eigenvalue weighted by atomic mass is 9.95. The van der Waals surface area contributed by atoms with Gasteiger partial charge in [-0.05, 0) is 57.2 Å². The molecule has 1 aromatic heterocycles. The van der Waals surface area contributed by atoms with Crippen LogP contribution in [0.5, 0.6) is 0 Å². The van der Waals surface area contributed by atoms with Gasteiger partial charge in [0, 0.05) is 25.8 Å². The van der Waals surface area contributed by atoms with E-state index in [1.54, 1.807) is 6.92 Å². The maximum atomic E-state index is 12.9. The van der Waals surface area contributed by atoms with Crippen molar-refractivity contribution in [3.05, 3.63) is 33.2 Å². The third-order valence-electron chi connectivity index (χ3n) is 5.47. The normalized spacial score (nSPS) is 21.8. The third-order valence-corrected chi connectivity index (χ3v) is 5.47. The number of nitriles is 1. The topological polar surface area (TPSA) is 80.2 Å². The third kappa shape index (κ3) is 3.93. The van der Waals surface area contributed by atoms with Gasteiger partial charge < -0.3 is 14.8 Å². The van der Waals surface area contributed by atoms with E-state index < -0.39 is 5.56 Å². The predicted octanol–water partition coefficient (Wildman–Crippen LogP) is 1.89. The average Bonchev–Trinajstić information content (AvgIpc) is 2.63. The van der Waals surface area contributed by atoms with Crippen molar-refractivity contribution in [2.24, 2.45) is 5.92 Å². The molecule has 1 amide bonds. The first-order valence-corrected chi connectivity index (χ1v) is 9.24. The summed E-state index contributed by atoms with van der Waals surface area (Å²) in [6.45, 7) is 6.60. The zero-order valence-electron chi connectivity index (χ0n) is 14.9. The van der Waals surface area contributed by atoms with Gasteiger partial charge in [-0.3, -0.25) is 9.59 Å². The molecule has 6 nitrogen and oxygen atoms in total. The van der Waals surface area contributed by atoms with Crippen LogP contribution in [-0.4, -0.2) is 53.4 Å². The van der Waals surface area contributed by atoms with Crippen LogP contribution in [0.3, 0.4) is 0 Å². The van der Waals surface area contributed by atoms with Crippen molar-refractivity contribution in [2.75, 3.05) is 32.7 Å². The Morgan fingerprint density at radius 2 is 2.04 bits per heavy atom. The van der Waals surface area contributed by atoms with Crippen LogP contribution in [0.25, 0.3) is 0 Å². The van der Waals surface area contributed by atoms with Crippen molar-refractivity contribution >= 4 is 5.91 Å². The van der Waals surface area contributed by atoms with Crippen molar-refractivity contribution in [2.45, 2.75) is 39.0 Å². The zero-order chi connectivity index (χ0) is 17.8. The molecule has 25 heavy (non-hydrogen) atoms. The second-order valence-electron chi connectivity index (χ2n) is 7.26. The fraction of sp³-hybridized carbons (Fsp3) is 0.632. The number of hydrogen-bond donors (Lipinski definition) is 1. The molecular formula is C19H26N4O2. The maximum Gasteiger partial charge on any atom is 0.266 e. The van der Waals surface area contributed by atoms with Crippen molar-refractivity contribution in [1.29, 1.82) is 5.26 Å². The summed E-state index contributed by atoms with van der Waals surface area (Å²) in [6, 6.07) is 1.90. The predicted molar refractivity (Wildman–Crippen MR) is 95.4 cm³/mol. The summed E-state index contributed by atoms with van der Waals surface area (Å²) in [5, 5.41) is 9.14. The molecule has 3 rings (SSSR count). The van der Waals surface area contributed by atoms with E-state index in [4.69, 9.17) is 5.26 Å². The number of amides is 1. The summed E-state index contributed by atoms with van der Waals surface area (Å²) >= 11 is 0. The Balaban J connectivity index is 1.70. The molecule has 1 atom stereocenters. The van der Waals surface area contributed by atoms with E-state index in [1.807, 2.05) is 11.0 Å². The number of aromatic amines is 1. The Hall–Kier alpha value is -2.13. The van der Waals surface area contributed by atoms with E-state index >= 15 is 0 Å². The second kappa shape index (κ2) is 7.83. The molecule has 2 fully saturated rings. The summed E-state index contributed by atoms with van der Waals surface area (Å²) in [5.74, 6) is 0.433. The molecule has 0 radical (unpaired) electrons. The molecule has 0 spiro atoms. The molecule has 2 aliphatic heterocycles. The van der Waals surface area contributed by atoms with Crippen LogP contribution in [0.1, 0.15) is 53.6 Å². The molecule has 3 heterocycles. The maximum absolute atomic E-state index is 12.9. The smallest absolute Gasteiger partial charge is 0.266 e. The Bertz CT molecular complexity index is 728. The van der Waals surface area contributed by atoms with Crippen molar-refractivity contribution < 1.29 is 4.79 Å². The van der Waals surface area contributed by atoms with E-state index in [0.29, 0.717) is 17.0 Å². The van der Waals surface area contributed by atoms with Gasteiger partial charge in [0.05, 0.1) is 5.56 Å². The summed E-state index contributed by atoms with van der Waals surface area (Å²) < 4.78 is 0. The van der Waals surface area contributed by atoms with Crippen LogP contribution in [0.15, 0.2) is 11.0 Å². The number of piperidine rings is 2. The highest BCUT2D eigenvalue weighted by atomic mass is 16.2. The first-order valence-electron chi connectivity index (χ1n) is 9.24. The first kappa shape index (κ1) is 17.7. The van der Waals surface area contributed by atoms with Gasteiger partial charge in [0.25, 0.3) is 11.5 Å². The molecule has 2 aliphatic rings. The highest BCUT2D eigenvalue weighted by molar-refractivity contribution is 5.95. The summed E-state index contributed by atoms with van der Waals surface area (Å²) in [5.41, 5.74) is 0.523. The number of carbonyl (C=O) groups excluding carboxylic acids is 1. The molecule has 6 heteroatoms. The van der Waals surface area contributed by atoms with E-state index in [1.165, 1.54) is 38.5 Å². The molecule has 0 bridgehead atoms. The fourth-order valence-corrected chi connectivity index (χ4v) is 4.06. The van der Waals surface area contributed by atoms with Crippen molar-refractivity contribution in [3.8, 4) is 6.07 Å². The number of nitrogens with one attached hydrogen (secondary N) is 1. The molecular weight excluding hydrogens is 316 g/mol. The number of rotatable bonds is 3. The van der Waals surface area contributed by atoms with Crippen LogP contribution in [0, 0.1) is 24.2 Å². The minimum absolute atomic E-state index is 0.0349. The molecule has 0 saturated carbocycles. The molecule has 1 aromatic rings. The largest absolute Gasteiger partial charge is 0.338 e. The lowest BCUT2D eigenvalue weighted by Gasteiger charge is -2.37. The molecule has 0 aliphatic carbocycles. The Morgan fingerprint density at radius 3 is 2.76 bits per heavy atom. The van der Waals surface area contributed by atoms with E-state index in [2.05, 4.69) is 9.88 Å². The van der Waals surface area contributed by atoms with E-state index in [9.17, 15) is 9.59 Å². The summed E-state index contributed by atoms with van der Waals surface area (Å²) in [7, 11) is 0. The second-order valence-corrected chi connectivity index (χ2v) is 7.26. The molecule has 1 N–H and O–H groups in total. The highest BCUT2D eigenvalue weighted by Gasteiger charge is 2.27. The molecule has 1 unspecified atom stereocenters. The Labute approximate surface area is 148 Å². The van der Waals surface area contributed by atoms with Gasteiger partial charge >= 0.3 is 0 Å². The molecule has 2 saturated heterocycles. The van der Waals surface area contributed by atoms with Crippen molar-refractivity contribution in [3.63, 3.8) is 0 Å². The SMILES string of the molecule is Cc1c(C(=O)N2CCCC(CN3CCCCC3)C2)c[nH]c(=O)c1C#N. The lowest BCUT2D eigenvalue weighted by molar-refractivity contribution is 0.0629. The number of hydrogen-bond acceptors (Lipinski definition) is 4. The number of H-pyrrole nitrogens is 1. The molecule has 134 valence electrons. The van der Waals surface area contributed by atoms with Gasteiger partial charge in [0.1, 0.15) is 11.6 Å². The number of likely N-dealkylation sites (tertiary alicyclic amines) is 2. The lowest BCUT2D eigenvalue weighted by Crippen LogP contribution is -2.45. The number of pyridine rings is 1. The van der Waals surface area contributed by atoms with Crippen LogP contribution in [-0.2, 0) is 0 Å². The number of nitrogens with zero attached hydrogens (tertiary/aromatic N) is 3. The van der Waals surface area contributed by atoms with E-state index in [0.717, 1.165) is 32.5 Å². The van der Waals surface area contributed by atoms with Crippen LogP contribution < -0.4 is 5.56 Å². The Morgan fingerprint density at radius 1 is 1.28 bits per heavy atom.